The van der Waals surface area contributed by atoms with Crippen LogP contribution < -0.4 is 10.2 Å². The van der Waals surface area contributed by atoms with Gasteiger partial charge in [-0.3, -0.25) is 9.59 Å². The molecule has 32 heavy (non-hydrogen) atoms. The van der Waals surface area contributed by atoms with Crippen LogP contribution in [0, 0.1) is 0 Å². The van der Waals surface area contributed by atoms with Crippen LogP contribution in [0.3, 0.4) is 0 Å². The highest BCUT2D eigenvalue weighted by molar-refractivity contribution is 6.00. The molecule has 1 fully saturated rings. The highest BCUT2D eigenvalue weighted by Gasteiger charge is 2.32. The van der Waals surface area contributed by atoms with Crippen LogP contribution in [0.1, 0.15) is 57.1 Å². The second-order valence-electron chi connectivity index (χ2n) is 8.90. The van der Waals surface area contributed by atoms with Gasteiger partial charge in [-0.15, -0.1) is 0 Å². The van der Waals surface area contributed by atoms with Crippen LogP contribution in [0.5, 0.6) is 0 Å². The van der Waals surface area contributed by atoms with Gasteiger partial charge in [0.05, 0.1) is 12.7 Å². The molecular weight excluding hydrogens is 402 g/mol. The molecule has 1 aromatic carbocycles. The average Bonchev–Trinajstić information content (AvgIpc) is 3.50. The molecule has 7 nitrogen and oxygen atoms in total. The highest BCUT2D eigenvalue weighted by atomic mass is 16.2. The molecule has 2 amide bonds. The lowest BCUT2D eigenvalue weighted by atomic mass is 10.00. The Balaban J connectivity index is 1.32. The molecule has 0 bridgehead atoms. The Morgan fingerprint density at radius 1 is 1.22 bits per heavy atom. The maximum atomic E-state index is 13.4. The van der Waals surface area contributed by atoms with Gasteiger partial charge in [-0.05, 0) is 50.3 Å². The molecule has 3 heterocycles. The summed E-state index contributed by atoms with van der Waals surface area (Å²) >= 11 is 0. The highest BCUT2D eigenvalue weighted by Crippen LogP contribution is 2.30. The molecule has 1 saturated heterocycles. The number of imidazole rings is 1. The van der Waals surface area contributed by atoms with Crippen molar-refractivity contribution in [3.8, 4) is 0 Å². The van der Waals surface area contributed by atoms with E-state index in [0.717, 1.165) is 25.1 Å². The second kappa shape index (κ2) is 10.8. The number of piperidine rings is 1. The molecule has 0 saturated carbocycles. The van der Waals surface area contributed by atoms with Crippen LogP contribution in [0.4, 0.5) is 5.69 Å². The number of hydrogen-bond acceptors (Lipinski definition) is 4. The minimum Gasteiger partial charge on any atom is -0.356 e. The van der Waals surface area contributed by atoms with Crippen molar-refractivity contribution in [3.05, 3.63) is 48.5 Å². The third-order valence-corrected chi connectivity index (χ3v) is 6.87. The number of anilines is 1. The molecule has 2 aliphatic rings. The minimum absolute atomic E-state index is 0.0535. The summed E-state index contributed by atoms with van der Waals surface area (Å²) in [5.74, 6) is -0.141. The molecule has 172 valence electrons. The number of para-hydroxylation sites is 1. The number of likely N-dealkylation sites (tertiary alicyclic amines) is 1. The Morgan fingerprint density at radius 2 is 2.09 bits per heavy atom. The Labute approximate surface area is 190 Å². The predicted octanol–water partition coefficient (Wildman–Crippen LogP) is 3.17. The second-order valence-corrected chi connectivity index (χ2v) is 8.90. The minimum atomic E-state index is -0.588. The number of aromatic nitrogens is 2. The lowest BCUT2D eigenvalue weighted by molar-refractivity contribution is -0.128. The molecule has 0 aliphatic carbocycles. The molecule has 0 spiro atoms. The van der Waals surface area contributed by atoms with Crippen molar-refractivity contribution in [1.82, 2.24) is 19.8 Å². The fraction of sp³-hybridized carbons (Fsp3) is 0.560. The number of carbonyl (C=O) groups is 2. The zero-order chi connectivity index (χ0) is 22.3. The van der Waals surface area contributed by atoms with E-state index in [-0.39, 0.29) is 18.2 Å². The number of nitrogens with one attached hydrogen (secondary N) is 1. The molecule has 2 atom stereocenters. The molecule has 0 unspecified atom stereocenters. The van der Waals surface area contributed by atoms with Crippen molar-refractivity contribution in [2.24, 2.45) is 0 Å². The molecule has 4 rings (SSSR count). The van der Waals surface area contributed by atoms with E-state index < -0.39 is 6.04 Å². The Kier molecular flexibility index (Phi) is 7.58. The molecule has 7 heteroatoms. The van der Waals surface area contributed by atoms with Crippen molar-refractivity contribution in [1.29, 1.82) is 0 Å². The van der Waals surface area contributed by atoms with Gasteiger partial charge in [0.15, 0.2) is 0 Å². The molecule has 2 aliphatic heterocycles. The van der Waals surface area contributed by atoms with Crippen LogP contribution in [-0.4, -0.2) is 58.5 Å². The number of benzene rings is 1. The van der Waals surface area contributed by atoms with Crippen LogP contribution in [0.2, 0.25) is 0 Å². The van der Waals surface area contributed by atoms with Gasteiger partial charge >= 0.3 is 0 Å². The topological polar surface area (TPSA) is 70.5 Å². The number of rotatable bonds is 9. The van der Waals surface area contributed by atoms with E-state index in [9.17, 15) is 9.59 Å². The summed E-state index contributed by atoms with van der Waals surface area (Å²) in [6, 6.07) is 8.10. The molecule has 0 radical (unpaired) electrons. The first-order chi connectivity index (χ1) is 15.7. The van der Waals surface area contributed by atoms with Crippen molar-refractivity contribution >= 4 is 17.5 Å². The van der Waals surface area contributed by atoms with E-state index in [1.807, 2.05) is 23.1 Å². The number of carbonyl (C=O) groups excluding carboxylic acids is 2. The van der Waals surface area contributed by atoms with Crippen LogP contribution in [0.15, 0.2) is 43.0 Å². The van der Waals surface area contributed by atoms with E-state index >= 15 is 0 Å². The quantitative estimate of drug-likeness (QED) is 0.612. The van der Waals surface area contributed by atoms with Crippen molar-refractivity contribution in [2.75, 3.05) is 31.1 Å². The molecule has 1 N–H and O–H groups in total. The average molecular weight is 438 g/mol. The van der Waals surface area contributed by atoms with Gasteiger partial charge in [0.25, 0.3) is 5.91 Å². The van der Waals surface area contributed by atoms with Gasteiger partial charge in [-0.25, -0.2) is 4.98 Å². The zero-order valence-electron chi connectivity index (χ0n) is 19.1. The SMILES string of the molecule is CC[C@@H]1CCCCN1CCCNC(=O)C[C@H](C(=O)N1CCc2ccccc21)n1ccnc1. The van der Waals surface area contributed by atoms with Crippen LogP contribution >= 0.6 is 0 Å². The molecular formula is C25H35N5O2. The number of amides is 2. The summed E-state index contributed by atoms with van der Waals surface area (Å²) in [5.41, 5.74) is 2.13. The number of hydrogen-bond donors (Lipinski definition) is 1. The molecule has 2 aromatic rings. The lowest BCUT2D eigenvalue weighted by Crippen LogP contribution is -2.41. The maximum Gasteiger partial charge on any atom is 0.250 e. The standard InChI is InChI=1S/C25H35N5O2/c1-2-21-9-5-6-14-28(21)15-7-12-27-24(31)18-23(29-17-13-26-19-29)25(32)30-16-11-20-8-3-4-10-22(20)30/h3-4,8,10,13,17,19,21,23H,2,5-7,9,11-12,14-16,18H2,1H3,(H,27,31)/t21-,23-/m1/s1. The Bertz CT molecular complexity index is 897. The summed E-state index contributed by atoms with van der Waals surface area (Å²) in [7, 11) is 0. The van der Waals surface area contributed by atoms with Crippen molar-refractivity contribution in [3.63, 3.8) is 0 Å². The monoisotopic (exact) mass is 437 g/mol. The van der Waals surface area contributed by atoms with Gasteiger partial charge in [0.1, 0.15) is 6.04 Å². The number of fused-ring (bicyclic) bond motifs is 1. The lowest BCUT2D eigenvalue weighted by Gasteiger charge is -2.35. The smallest absolute Gasteiger partial charge is 0.250 e. The van der Waals surface area contributed by atoms with Gasteiger partial charge in [-0.1, -0.05) is 31.5 Å². The molecule has 1 aromatic heterocycles. The van der Waals surface area contributed by atoms with E-state index in [0.29, 0.717) is 19.1 Å². The maximum absolute atomic E-state index is 13.4. The Hall–Kier alpha value is -2.67. The van der Waals surface area contributed by atoms with E-state index in [4.69, 9.17) is 0 Å². The summed E-state index contributed by atoms with van der Waals surface area (Å²) in [6.45, 7) is 5.74. The normalized spacial score (nSPS) is 19.5. The third-order valence-electron chi connectivity index (χ3n) is 6.87. The van der Waals surface area contributed by atoms with E-state index in [1.54, 1.807) is 23.3 Å². The fourth-order valence-electron chi connectivity index (χ4n) is 5.10. The van der Waals surface area contributed by atoms with Gasteiger partial charge in [-0.2, -0.15) is 0 Å². The zero-order valence-corrected chi connectivity index (χ0v) is 19.1. The summed E-state index contributed by atoms with van der Waals surface area (Å²) in [5, 5.41) is 3.04. The first-order valence-electron chi connectivity index (χ1n) is 12.0. The van der Waals surface area contributed by atoms with Crippen molar-refractivity contribution < 1.29 is 9.59 Å². The summed E-state index contributed by atoms with van der Waals surface area (Å²) in [4.78, 5) is 34.7. The third kappa shape index (κ3) is 5.21. The van der Waals surface area contributed by atoms with Gasteiger partial charge < -0.3 is 19.7 Å². The first kappa shape index (κ1) is 22.5. The van der Waals surface area contributed by atoms with Crippen LogP contribution in [-0.2, 0) is 16.0 Å². The van der Waals surface area contributed by atoms with Gasteiger partial charge in [0.2, 0.25) is 5.91 Å². The largest absolute Gasteiger partial charge is 0.356 e. The summed E-state index contributed by atoms with van der Waals surface area (Å²) < 4.78 is 1.75. The van der Waals surface area contributed by atoms with Crippen LogP contribution in [0.25, 0.3) is 0 Å². The predicted molar refractivity (Wildman–Crippen MR) is 126 cm³/mol. The van der Waals surface area contributed by atoms with Crippen molar-refractivity contribution in [2.45, 2.75) is 64.0 Å². The Morgan fingerprint density at radius 3 is 2.91 bits per heavy atom. The van der Waals surface area contributed by atoms with Gasteiger partial charge in [0, 0.05) is 43.8 Å². The summed E-state index contributed by atoms with van der Waals surface area (Å²) in [6.07, 6.45) is 12.0. The number of nitrogens with zero attached hydrogens (tertiary/aromatic N) is 4. The first-order valence-corrected chi connectivity index (χ1v) is 12.0. The van der Waals surface area contributed by atoms with E-state index in [2.05, 4.69) is 28.2 Å². The fourth-order valence-corrected chi connectivity index (χ4v) is 5.10. The van der Waals surface area contributed by atoms with E-state index in [1.165, 1.54) is 37.8 Å².